The molecule has 18 heteroatoms. The molecule has 1 saturated carbocycles. The van der Waals surface area contributed by atoms with Gasteiger partial charge < -0.3 is 39.0 Å². The number of aliphatic hydroxyl groups excluding tert-OH is 1. The molecule has 6 rings (SSSR count). The highest BCUT2D eigenvalue weighted by Crippen LogP contribution is 2.59. The van der Waals surface area contributed by atoms with Crippen molar-refractivity contribution in [1.82, 2.24) is 15.3 Å². The molecule has 2 N–H and O–H groups in total. The van der Waals surface area contributed by atoms with Crippen LogP contribution in [-0.4, -0.2) is 125 Å². The Bertz CT molecular complexity index is 1860. The van der Waals surface area contributed by atoms with Gasteiger partial charge >= 0.3 is 24.1 Å². The quantitative estimate of drug-likeness (QED) is 0.0691. The minimum absolute atomic E-state index is 0.0384. The average molecular weight is 908 g/mol. The first-order chi connectivity index (χ1) is 30.3. The van der Waals surface area contributed by atoms with E-state index in [9.17, 15) is 37.5 Å². The molecule has 0 unspecified atom stereocenters. The van der Waals surface area contributed by atoms with E-state index in [2.05, 4.69) is 23.9 Å². The molecule has 1 aromatic carbocycles. The second kappa shape index (κ2) is 20.6. The number of likely N-dealkylation sites (tertiary alicyclic amines) is 1. The number of amides is 2. The zero-order valence-electron chi connectivity index (χ0n) is 37.5. The number of ether oxygens (including phenoxy) is 5. The van der Waals surface area contributed by atoms with E-state index in [1.54, 1.807) is 45.0 Å². The number of rotatable bonds is 20. The fourth-order valence-corrected chi connectivity index (χ4v) is 9.76. The molecule has 5 fully saturated rings. The fourth-order valence-electron chi connectivity index (χ4n) is 9.76. The Labute approximate surface area is 372 Å². The van der Waals surface area contributed by atoms with E-state index >= 15 is 4.79 Å². The molecule has 4 saturated heterocycles. The average Bonchev–Trinajstić information content (AvgIpc) is 3.96. The van der Waals surface area contributed by atoms with Crippen LogP contribution >= 0.6 is 0 Å². The Morgan fingerprint density at radius 1 is 1.03 bits per heavy atom. The molecule has 5 aliphatic rings. The molecular weight excluding hydrogens is 844 g/mol. The first-order valence-electron chi connectivity index (χ1n) is 22.8. The highest BCUT2D eigenvalue weighted by atomic mass is 19.4. The highest BCUT2D eigenvalue weighted by Gasteiger charge is 2.77. The molecule has 0 radical (unpaired) electrons. The number of carbonyl (C=O) groups excluding carboxylic acids is 5. The molecule has 2 bridgehead atoms. The van der Waals surface area contributed by atoms with Gasteiger partial charge in [0.2, 0.25) is 11.8 Å². The van der Waals surface area contributed by atoms with Crippen LogP contribution in [0.4, 0.5) is 13.2 Å². The SMILES string of the molecule is CCCCCC1(CCCCC)O[C@@H]2[C@H](O1)[C@H]1ON(Cc3cccc(C=CC(=O)OCC(F)(F)F)c3)[C@@H]3C(=O)O[C@@H]2C[C@]13C(=O)N1CCC[C@@H]1C(=O)N[C@H](CO)CCC(=O)OC(C)(C)C. The number of halogens is 3. The number of nitrogens with zero attached hydrogens (tertiary/aromatic N) is 2. The van der Waals surface area contributed by atoms with Crippen LogP contribution in [0.15, 0.2) is 30.3 Å². The number of hydroxylamine groups is 2. The Morgan fingerprint density at radius 3 is 2.39 bits per heavy atom. The third-order valence-corrected chi connectivity index (χ3v) is 12.6. The lowest BCUT2D eigenvalue weighted by atomic mass is 9.62. The van der Waals surface area contributed by atoms with Gasteiger partial charge in [-0.15, -0.1) is 0 Å². The summed E-state index contributed by atoms with van der Waals surface area (Å²) in [5, 5.41) is 14.4. The first-order valence-corrected chi connectivity index (χ1v) is 22.8. The Hall–Kier alpha value is -4.10. The molecule has 1 aliphatic carbocycles. The summed E-state index contributed by atoms with van der Waals surface area (Å²) in [5.41, 5.74) is -1.25. The van der Waals surface area contributed by atoms with Gasteiger partial charge in [0.05, 0.1) is 19.2 Å². The molecule has 2 amide bonds. The summed E-state index contributed by atoms with van der Waals surface area (Å²) in [6, 6.07) is 3.69. The number of esters is 3. The molecule has 356 valence electrons. The van der Waals surface area contributed by atoms with Gasteiger partial charge in [-0.1, -0.05) is 63.8 Å². The molecule has 8 atom stereocenters. The third-order valence-electron chi connectivity index (χ3n) is 12.6. The summed E-state index contributed by atoms with van der Waals surface area (Å²) in [4.78, 5) is 76.8. The van der Waals surface area contributed by atoms with E-state index < -0.39 is 108 Å². The molecule has 64 heavy (non-hydrogen) atoms. The maximum absolute atomic E-state index is 15.5. The van der Waals surface area contributed by atoms with Crippen molar-refractivity contribution < 1.29 is 70.8 Å². The fraction of sp³-hybridized carbons (Fsp3) is 0.717. The Morgan fingerprint density at radius 2 is 1.73 bits per heavy atom. The van der Waals surface area contributed by atoms with Crippen molar-refractivity contribution in [3.05, 3.63) is 41.5 Å². The van der Waals surface area contributed by atoms with Crippen LogP contribution < -0.4 is 5.32 Å². The minimum Gasteiger partial charge on any atom is -0.460 e. The second-order valence-corrected chi connectivity index (χ2v) is 18.7. The van der Waals surface area contributed by atoms with Gasteiger partial charge in [-0.25, -0.2) is 4.79 Å². The Balaban J connectivity index is 1.30. The number of hydrogen-bond acceptors (Lipinski definition) is 13. The van der Waals surface area contributed by atoms with E-state index in [0.717, 1.165) is 44.6 Å². The zero-order chi connectivity index (χ0) is 46.5. The number of aliphatic hydroxyl groups is 1. The van der Waals surface area contributed by atoms with Crippen molar-refractivity contribution in [2.45, 2.75) is 185 Å². The summed E-state index contributed by atoms with van der Waals surface area (Å²) in [6.45, 7) is 7.45. The lowest BCUT2D eigenvalue weighted by Gasteiger charge is -2.50. The van der Waals surface area contributed by atoms with E-state index in [4.69, 9.17) is 23.8 Å². The first kappa shape index (κ1) is 49.3. The molecule has 15 nitrogen and oxygen atoms in total. The number of alkyl halides is 3. The van der Waals surface area contributed by atoms with Gasteiger partial charge in [0.1, 0.15) is 41.5 Å². The molecule has 1 aromatic rings. The van der Waals surface area contributed by atoms with Gasteiger partial charge in [0, 0.05) is 38.3 Å². The van der Waals surface area contributed by atoms with Crippen molar-refractivity contribution in [3.63, 3.8) is 0 Å². The van der Waals surface area contributed by atoms with Crippen LogP contribution in [0.5, 0.6) is 0 Å². The van der Waals surface area contributed by atoms with Crippen molar-refractivity contribution in [3.8, 4) is 0 Å². The summed E-state index contributed by atoms with van der Waals surface area (Å²) in [6.07, 6.45) is 1.68. The number of hydrogen-bond donors (Lipinski definition) is 2. The third kappa shape index (κ3) is 11.5. The number of benzene rings is 1. The summed E-state index contributed by atoms with van der Waals surface area (Å²) in [7, 11) is 0. The molecule has 0 spiro atoms. The van der Waals surface area contributed by atoms with E-state index in [1.807, 2.05) is 0 Å². The number of unbranched alkanes of at least 4 members (excludes halogenated alkanes) is 4. The monoisotopic (exact) mass is 907 g/mol. The Kier molecular flexibility index (Phi) is 15.9. The van der Waals surface area contributed by atoms with Crippen molar-refractivity contribution >= 4 is 35.8 Å². The minimum atomic E-state index is -4.67. The topological polar surface area (TPSA) is 179 Å². The van der Waals surface area contributed by atoms with E-state index in [1.165, 1.54) is 16.0 Å². The van der Waals surface area contributed by atoms with Crippen molar-refractivity contribution in [1.29, 1.82) is 0 Å². The van der Waals surface area contributed by atoms with Crippen molar-refractivity contribution in [2.75, 3.05) is 19.8 Å². The standard InChI is InChI=1S/C46H64F3N3O12/c1-6-8-10-21-44(22-11-9-7-2)62-36-33-25-45(42(58)51-23-13-16-32(51)40(56)50-31(27-53)18-20-35(55)61-43(3,4)5)38(41(57)60-33)52(64-39(45)37(36)63-44)26-30-15-12-14-29(24-30)17-19-34(54)59-28-46(47,48)49/h12,14-15,17,19,24,31-33,36-39,53H,6-11,13,16,18,20-23,25-28H2,1-5H3,(H,50,56)/t31-,32+,33+,36-,37-,38+,39+,45+/m0/s1. The summed E-state index contributed by atoms with van der Waals surface area (Å²) in [5.74, 6) is -4.32. The largest absolute Gasteiger partial charge is 0.460 e. The molecule has 4 aliphatic heterocycles. The maximum atomic E-state index is 15.5. The maximum Gasteiger partial charge on any atom is 0.422 e. The van der Waals surface area contributed by atoms with Crippen LogP contribution in [0, 0.1) is 5.41 Å². The molecule has 0 aromatic heterocycles. The van der Waals surface area contributed by atoms with Gasteiger partial charge in [-0.3, -0.25) is 24.0 Å². The van der Waals surface area contributed by atoms with Crippen LogP contribution in [-0.2, 0) is 59.0 Å². The highest BCUT2D eigenvalue weighted by molar-refractivity contribution is 5.96. The van der Waals surface area contributed by atoms with Gasteiger partial charge in [0.15, 0.2) is 18.4 Å². The normalized spacial score (nSPS) is 27.9. The lowest BCUT2D eigenvalue weighted by Crippen LogP contribution is -2.70. The van der Waals surface area contributed by atoms with E-state index in [0.29, 0.717) is 36.8 Å². The van der Waals surface area contributed by atoms with Crippen LogP contribution in [0.3, 0.4) is 0 Å². The molecular formula is C46H64F3N3O12. The summed E-state index contributed by atoms with van der Waals surface area (Å²) >= 11 is 0. The number of nitrogens with one attached hydrogen (secondary N) is 1. The second-order valence-electron chi connectivity index (χ2n) is 18.7. The molecule has 4 heterocycles. The smallest absolute Gasteiger partial charge is 0.422 e. The van der Waals surface area contributed by atoms with Gasteiger partial charge in [0.25, 0.3) is 0 Å². The van der Waals surface area contributed by atoms with Crippen molar-refractivity contribution in [2.24, 2.45) is 5.41 Å². The van der Waals surface area contributed by atoms with Gasteiger partial charge in [-0.05, 0) is 70.1 Å². The number of carbonyl (C=O) groups is 5. The summed E-state index contributed by atoms with van der Waals surface area (Å²) < 4.78 is 67.5. The van der Waals surface area contributed by atoms with Crippen LogP contribution in [0.25, 0.3) is 6.08 Å². The van der Waals surface area contributed by atoms with E-state index in [-0.39, 0.29) is 32.4 Å². The zero-order valence-corrected chi connectivity index (χ0v) is 37.5. The predicted molar refractivity (Wildman–Crippen MR) is 223 cm³/mol. The van der Waals surface area contributed by atoms with Gasteiger partial charge in [-0.2, -0.15) is 18.2 Å². The van der Waals surface area contributed by atoms with Crippen LogP contribution in [0.2, 0.25) is 0 Å². The predicted octanol–water partition coefficient (Wildman–Crippen LogP) is 5.84. The number of fused-ring (bicyclic) bond motifs is 4. The lowest BCUT2D eigenvalue weighted by molar-refractivity contribution is -0.225. The van der Waals surface area contributed by atoms with Crippen LogP contribution in [0.1, 0.15) is 129 Å².